The Morgan fingerprint density at radius 1 is 0.957 bits per heavy atom. The van der Waals surface area contributed by atoms with Crippen molar-refractivity contribution in [2.45, 2.75) is 26.7 Å². The van der Waals surface area contributed by atoms with Gasteiger partial charge in [-0.2, -0.15) is 8.42 Å². The van der Waals surface area contributed by atoms with E-state index in [0.29, 0.717) is 62.8 Å². The summed E-state index contributed by atoms with van der Waals surface area (Å²) in [6.07, 6.45) is 2.83. The number of nitro groups is 1. The average molecular weight is 691 g/mol. The van der Waals surface area contributed by atoms with Gasteiger partial charge in [0.25, 0.3) is 11.6 Å². The Bertz CT molecular complexity index is 2130. The van der Waals surface area contributed by atoms with Crippen LogP contribution in [-0.4, -0.2) is 35.3 Å². The van der Waals surface area contributed by atoms with Crippen molar-refractivity contribution in [2.24, 2.45) is 5.92 Å². The zero-order valence-electron chi connectivity index (χ0n) is 25.4. The third kappa shape index (κ3) is 6.87. The standard InChI is InChI=1S/C34H29Cl2N5O5S/c1-21(2)14-25-11-10-24(16-32(25)41(43)44)23-8-6-22(7-9-23)15-33-37-31(29-13-12-26(35)17-30(29)36)19-39(33)27-4-3-5-28(18-27)40-20-34(42)38-47(40,45)46/h3-13,16-19,21H,14-15,20H2,1-2H3,(H,38,42). The lowest BCUT2D eigenvalue weighted by molar-refractivity contribution is -0.385. The first-order chi connectivity index (χ1) is 22.4. The van der Waals surface area contributed by atoms with E-state index in [-0.39, 0.29) is 17.2 Å². The van der Waals surface area contributed by atoms with Gasteiger partial charge >= 0.3 is 10.2 Å². The van der Waals surface area contributed by atoms with Gasteiger partial charge in [0.05, 0.1) is 21.3 Å². The molecule has 1 fully saturated rings. The number of carbonyl (C=O) groups is 1. The highest BCUT2D eigenvalue weighted by molar-refractivity contribution is 7.92. The summed E-state index contributed by atoms with van der Waals surface area (Å²) in [5.74, 6) is 0.325. The molecule has 0 aliphatic carbocycles. The van der Waals surface area contributed by atoms with Crippen molar-refractivity contribution >= 4 is 50.7 Å². The molecule has 0 bridgehead atoms. The lowest BCUT2D eigenvalue weighted by Crippen LogP contribution is -2.29. The molecule has 1 N–H and O–H groups in total. The van der Waals surface area contributed by atoms with Crippen LogP contribution >= 0.6 is 23.2 Å². The number of nitrogens with zero attached hydrogens (tertiary/aromatic N) is 4. The van der Waals surface area contributed by atoms with Crippen molar-refractivity contribution in [1.82, 2.24) is 14.3 Å². The molecule has 0 unspecified atom stereocenters. The fraction of sp³-hybridized carbons (Fsp3) is 0.176. The Morgan fingerprint density at radius 3 is 2.34 bits per heavy atom. The quantitative estimate of drug-likeness (QED) is 0.127. The van der Waals surface area contributed by atoms with E-state index in [4.69, 9.17) is 28.2 Å². The van der Waals surface area contributed by atoms with E-state index in [9.17, 15) is 23.3 Å². The Morgan fingerprint density at radius 2 is 1.68 bits per heavy atom. The van der Waals surface area contributed by atoms with Crippen LogP contribution in [0, 0.1) is 16.0 Å². The van der Waals surface area contributed by atoms with Crippen LogP contribution in [0.5, 0.6) is 0 Å². The van der Waals surface area contributed by atoms with Crippen LogP contribution in [0.4, 0.5) is 11.4 Å². The molecule has 2 heterocycles. The van der Waals surface area contributed by atoms with E-state index in [1.807, 2.05) is 71.8 Å². The normalized spacial score (nSPS) is 14.1. The van der Waals surface area contributed by atoms with Gasteiger partial charge in [-0.05, 0) is 65.4 Å². The summed E-state index contributed by atoms with van der Waals surface area (Å²) in [6, 6.07) is 25.1. The van der Waals surface area contributed by atoms with Crippen LogP contribution in [0.25, 0.3) is 28.1 Å². The second-order valence-corrected chi connectivity index (χ2v) is 14.1. The highest BCUT2D eigenvalue weighted by Gasteiger charge is 2.34. The van der Waals surface area contributed by atoms with Gasteiger partial charge in [-0.1, -0.05) is 79.5 Å². The zero-order valence-corrected chi connectivity index (χ0v) is 27.7. The van der Waals surface area contributed by atoms with Gasteiger partial charge in [0.1, 0.15) is 12.4 Å². The molecule has 0 saturated carbocycles. The van der Waals surface area contributed by atoms with Gasteiger partial charge in [-0.15, -0.1) is 0 Å². The zero-order chi connectivity index (χ0) is 33.5. The molecule has 1 aliphatic heterocycles. The summed E-state index contributed by atoms with van der Waals surface area (Å²) in [4.78, 5) is 28.3. The minimum absolute atomic E-state index is 0.111. The molecule has 4 aromatic carbocycles. The third-order valence-electron chi connectivity index (χ3n) is 7.76. The maximum atomic E-state index is 12.5. The van der Waals surface area contributed by atoms with Crippen LogP contribution in [-0.2, 0) is 27.8 Å². The van der Waals surface area contributed by atoms with Crippen LogP contribution in [0.2, 0.25) is 10.0 Å². The number of carbonyl (C=O) groups excluding carboxylic acids is 1. The van der Waals surface area contributed by atoms with Gasteiger partial charge in [0.15, 0.2) is 0 Å². The van der Waals surface area contributed by atoms with Crippen molar-refractivity contribution in [3.63, 3.8) is 0 Å². The van der Waals surface area contributed by atoms with Gasteiger partial charge in [-0.25, -0.2) is 14.0 Å². The number of aromatic nitrogens is 2. The molecule has 5 aromatic rings. The van der Waals surface area contributed by atoms with E-state index < -0.39 is 16.1 Å². The number of imidazole rings is 1. The molecule has 1 amide bonds. The van der Waals surface area contributed by atoms with E-state index in [0.717, 1.165) is 21.0 Å². The maximum absolute atomic E-state index is 12.5. The number of hydrogen-bond donors (Lipinski definition) is 1. The summed E-state index contributed by atoms with van der Waals surface area (Å²) in [5, 5.41) is 12.7. The third-order valence-corrected chi connectivity index (χ3v) is 9.72. The predicted molar refractivity (Wildman–Crippen MR) is 183 cm³/mol. The smallest absolute Gasteiger partial charge is 0.303 e. The second kappa shape index (κ2) is 12.8. The molecule has 0 atom stereocenters. The summed E-state index contributed by atoms with van der Waals surface area (Å²) >= 11 is 12.7. The molecule has 10 nitrogen and oxygen atoms in total. The molecule has 240 valence electrons. The molecule has 0 spiro atoms. The SMILES string of the molecule is CC(C)Cc1ccc(-c2ccc(Cc3nc(-c4ccc(Cl)cc4Cl)cn3-c3cccc(N4CC(=O)NS4(=O)=O)c3)cc2)cc1[N+](=O)[O-]. The molecule has 6 rings (SSSR count). The highest BCUT2D eigenvalue weighted by atomic mass is 35.5. The molecular formula is C34H29Cl2N5O5S. The fourth-order valence-corrected chi connectivity index (χ4v) is 7.24. The minimum Gasteiger partial charge on any atom is -0.303 e. The summed E-state index contributed by atoms with van der Waals surface area (Å²) < 4.78 is 29.9. The topological polar surface area (TPSA) is 127 Å². The molecular weight excluding hydrogens is 661 g/mol. The summed E-state index contributed by atoms with van der Waals surface area (Å²) in [6.45, 7) is 3.75. The maximum Gasteiger partial charge on any atom is 0.326 e. The first kappa shape index (κ1) is 32.2. The number of benzene rings is 4. The van der Waals surface area contributed by atoms with Crippen molar-refractivity contribution in [1.29, 1.82) is 0 Å². The van der Waals surface area contributed by atoms with Crippen LogP contribution < -0.4 is 9.03 Å². The van der Waals surface area contributed by atoms with Crippen molar-refractivity contribution in [3.8, 4) is 28.1 Å². The largest absolute Gasteiger partial charge is 0.326 e. The molecule has 1 saturated heterocycles. The van der Waals surface area contributed by atoms with Gasteiger partial charge < -0.3 is 4.57 Å². The highest BCUT2D eigenvalue weighted by Crippen LogP contribution is 2.33. The summed E-state index contributed by atoms with van der Waals surface area (Å²) in [7, 11) is -4.00. The number of rotatable bonds is 9. The minimum atomic E-state index is -4.00. The first-order valence-electron chi connectivity index (χ1n) is 14.7. The molecule has 0 radical (unpaired) electrons. The number of amides is 1. The molecule has 1 aromatic heterocycles. The van der Waals surface area contributed by atoms with Gasteiger partial charge in [-0.3, -0.25) is 14.9 Å². The molecule has 1 aliphatic rings. The van der Waals surface area contributed by atoms with Crippen LogP contribution in [0.3, 0.4) is 0 Å². The number of halogens is 2. The number of hydrogen-bond acceptors (Lipinski definition) is 6. The van der Waals surface area contributed by atoms with Crippen molar-refractivity contribution in [3.05, 3.63) is 128 Å². The van der Waals surface area contributed by atoms with E-state index in [1.54, 1.807) is 42.5 Å². The average Bonchev–Trinajstić information content (AvgIpc) is 3.55. The van der Waals surface area contributed by atoms with Gasteiger partial charge in [0, 0.05) is 40.5 Å². The summed E-state index contributed by atoms with van der Waals surface area (Å²) in [5.41, 5.74) is 5.54. The second-order valence-electron chi connectivity index (χ2n) is 11.7. The predicted octanol–water partition coefficient (Wildman–Crippen LogP) is 7.39. The Hall–Kier alpha value is -4.71. The van der Waals surface area contributed by atoms with Crippen molar-refractivity contribution < 1.29 is 18.1 Å². The lowest BCUT2D eigenvalue weighted by Gasteiger charge is -2.16. The Balaban J connectivity index is 1.36. The Labute approximate surface area is 281 Å². The number of anilines is 1. The monoisotopic (exact) mass is 689 g/mol. The lowest BCUT2D eigenvalue weighted by atomic mass is 9.96. The van der Waals surface area contributed by atoms with Crippen LogP contribution in [0.1, 0.15) is 30.8 Å². The Kier molecular flexibility index (Phi) is 8.80. The fourth-order valence-electron chi connectivity index (χ4n) is 5.59. The van der Waals surface area contributed by atoms with E-state index >= 15 is 0 Å². The number of nitrogens with one attached hydrogen (secondary N) is 1. The number of nitro benzene ring substituents is 1. The van der Waals surface area contributed by atoms with E-state index in [1.165, 1.54) is 0 Å². The van der Waals surface area contributed by atoms with Gasteiger partial charge in [0.2, 0.25) is 0 Å². The first-order valence-corrected chi connectivity index (χ1v) is 16.9. The molecule has 47 heavy (non-hydrogen) atoms. The van der Waals surface area contributed by atoms with Crippen molar-refractivity contribution in [2.75, 3.05) is 10.8 Å². The van der Waals surface area contributed by atoms with E-state index in [2.05, 4.69) is 0 Å². The van der Waals surface area contributed by atoms with Crippen LogP contribution in [0.15, 0.2) is 91.1 Å². The molecule has 13 heteroatoms.